The molecule has 2 rings (SSSR count). The average molecular weight is 380 g/mol. The molecule has 0 aromatic heterocycles. The first-order chi connectivity index (χ1) is 12.7. The molecule has 2 aromatic rings. The smallest absolute Gasteiger partial charge is 0.405 e. The summed E-state index contributed by atoms with van der Waals surface area (Å²) in [6, 6.07) is 13.3. The van der Waals surface area contributed by atoms with Crippen molar-refractivity contribution in [3.63, 3.8) is 0 Å². The fourth-order valence-electron chi connectivity index (χ4n) is 2.00. The zero-order valence-electron chi connectivity index (χ0n) is 13.9. The Hall–Kier alpha value is -3.36. The van der Waals surface area contributed by atoms with Crippen LogP contribution in [-0.4, -0.2) is 37.0 Å². The van der Waals surface area contributed by atoms with Gasteiger partial charge in [-0.3, -0.25) is 14.9 Å². The third-order valence-electron chi connectivity index (χ3n) is 3.22. The summed E-state index contributed by atoms with van der Waals surface area (Å²) in [5.74, 6) is -0.842. The van der Waals surface area contributed by atoms with Gasteiger partial charge in [-0.15, -0.1) is 0 Å². The molecule has 0 unspecified atom stereocenters. The Labute approximate surface area is 152 Å². The highest BCUT2D eigenvalue weighted by molar-refractivity contribution is 6.09. The Morgan fingerprint density at radius 1 is 0.889 bits per heavy atom. The maximum atomic E-state index is 12.2. The Balaban J connectivity index is 1.82. The van der Waals surface area contributed by atoms with E-state index in [2.05, 4.69) is 0 Å². The van der Waals surface area contributed by atoms with E-state index in [1.807, 2.05) is 0 Å². The minimum Gasteiger partial charge on any atom is -0.484 e. The van der Waals surface area contributed by atoms with Gasteiger partial charge in [0.15, 0.2) is 12.4 Å². The zero-order valence-corrected chi connectivity index (χ0v) is 13.9. The van der Waals surface area contributed by atoms with Crippen molar-refractivity contribution in [3.05, 3.63) is 65.7 Å². The van der Waals surface area contributed by atoms with Crippen LogP contribution < -0.4 is 15.4 Å². The summed E-state index contributed by atoms with van der Waals surface area (Å²) in [5.41, 5.74) is 0.944. The molecule has 6 nitrogen and oxygen atoms in total. The molecule has 0 fully saturated rings. The number of carbonyl (C=O) groups excluding carboxylic acids is 3. The second-order valence-corrected chi connectivity index (χ2v) is 5.35. The van der Waals surface area contributed by atoms with Crippen LogP contribution in [0.3, 0.4) is 0 Å². The van der Waals surface area contributed by atoms with Crippen molar-refractivity contribution in [1.82, 2.24) is 10.6 Å². The second-order valence-electron chi connectivity index (χ2n) is 5.35. The lowest BCUT2D eigenvalue weighted by molar-refractivity contribution is -0.125. The number of hydrogen-bond donors (Lipinski definition) is 2. The topological polar surface area (TPSA) is 84.5 Å². The van der Waals surface area contributed by atoms with Gasteiger partial charge < -0.3 is 10.1 Å². The minimum absolute atomic E-state index is 0.179. The average Bonchev–Trinajstić information content (AvgIpc) is 2.65. The van der Waals surface area contributed by atoms with Crippen molar-refractivity contribution >= 4 is 17.7 Å². The number of halogens is 3. The Morgan fingerprint density at radius 2 is 1.48 bits per heavy atom. The lowest BCUT2D eigenvalue weighted by Gasteiger charge is -2.10. The first-order valence-electron chi connectivity index (χ1n) is 7.71. The van der Waals surface area contributed by atoms with Gasteiger partial charge in [0.05, 0.1) is 0 Å². The molecule has 27 heavy (non-hydrogen) atoms. The van der Waals surface area contributed by atoms with E-state index in [0.29, 0.717) is 11.1 Å². The van der Waals surface area contributed by atoms with Crippen LogP contribution in [-0.2, 0) is 4.79 Å². The molecule has 9 heteroatoms. The molecular weight excluding hydrogens is 365 g/mol. The molecule has 0 spiro atoms. The lowest BCUT2D eigenvalue weighted by Crippen LogP contribution is -2.44. The summed E-state index contributed by atoms with van der Waals surface area (Å²) in [7, 11) is 0. The van der Waals surface area contributed by atoms with Crippen LogP contribution in [0.5, 0.6) is 5.75 Å². The predicted molar refractivity (Wildman–Crippen MR) is 89.4 cm³/mol. The zero-order chi connectivity index (χ0) is 19.9. The van der Waals surface area contributed by atoms with Gasteiger partial charge in [-0.2, -0.15) is 13.2 Å². The molecule has 142 valence electrons. The molecule has 0 aliphatic rings. The van der Waals surface area contributed by atoms with Crippen LogP contribution >= 0.6 is 0 Å². The molecule has 2 N–H and O–H groups in total. The number of imide groups is 1. The minimum atomic E-state index is -4.57. The summed E-state index contributed by atoms with van der Waals surface area (Å²) in [6.45, 7) is -2.13. The largest absolute Gasteiger partial charge is 0.484 e. The number of alkyl halides is 3. The number of carbonyl (C=O) groups is 3. The quantitative estimate of drug-likeness (QED) is 0.755. The number of urea groups is 1. The normalized spacial score (nSPS) is 10.8. The fourth-order valence-corrected chi connectivity index (χ4v) is 2.00. The van der Waals surface area contributed by atoms with Gasteiger partial charge in [0.25, 0.3) is 5.91 Å². The third kappa shape index (κ3) is 6.81. The second kappa shape index (κ2) is 8.84. The molecular formula is C18H15F3N2O4. The van der Waals surface area contributed by atoms with Crippen molar-refractivity contribution in [3.8, 4) is 5.75 Å². The number of ketones is 1. The van der Waals surface area contributed by atoms with Gasteiger partial charge in [-0.05, 0) is 24.3 Å². The summed E-state index contributed by atoms with van der Waals surface area (Å²) in [5, 5.41) is 3.20. The van der Waals surface area contributed by atoms with Crippen LogP contribution in [0.15, 0.2) is 54.6 Å². The van der Waals surface area contributed by atoms with Gasteiger partial charge in [0.1, 0.15) is 12.3 Å². The number of hydrogen-bond acceptors (Lipinski definition) is 4. The third-order valence-corrected chi connectivity index (χ3v) is 3.22. The van der Waals surface area contributed by atoms with Gasteiger partial charge in [-0.1, -0.05) is 30.3 Å². The molecule has 0 aliphatic carbocycles. The van der Waals surface area contributed by atoms with Crippen molar-refractivity contribution in [2.45, 2.75) is 6.18 Å². The van der Waals surface area contributed by atoms with Gasteiger partial charge >= 0.3 is 12.2 Å². The van der Waals surface area contributed by atoms with Crippen LogP contribution in [0.25, 0.3) is 0 Å². The Bertz CT molecular complexity index is 806. The van der Waals surface area contributed by atoms with Gasteiger partial charge in [0.2, 0.25) is 0 Å². The molecule has 2 aromatic carbocycles. The van der Waals surface area contributed by atoms with Crippen molar-refractivity contribution in [1.29, 1.82) is 0 Å². The lowest BCUT2D eigenvalue weighted by atomic mass is 10.0. The molecule has 0 bridgehead atoms. The maximum absolute atomic E-state index is 12.2. The van der Waals surface area contributed by atoms with E-state index in [4.69, 9.17) is 4.74 Å². The SMILES string of the molecule is O=C(COc1ccc(C(=O)c2ccccc2)cc1)NC(=O)NCC(F)(F)F. The van der Waals surface area contributed by atoms with Crippen LogP contribution in [0.1, 0.15) is 15.9 Å². The molecule has 0 saturated heterocycles. The number of nitrogens with one attached hydrogen (secondary N) is 2. The fraction of sp³-hybridized carbons (Fsp3) is 0.167. The molecule has 3 amide bonds. The van der Waals surface area contributed by atoms with E-state index in [0.717, 1.165) is 0 Å². The number of ether oxygens (including phenoxy) is 1. The predicted octanol–water partition coefficient (Wildman–Crippen LogP) is 2.68. The summed E-state index contributed by atoms with van der Waals surface area (Å²) >= 11 is 0. The van der Waals surface area contributed by atoms with E-state index in [1.165, 1.54) is 29.6 Å². The molecule has 0 saturated carbocycles. The Morgan fingerprint density at radius 3 is 2.07 bits per heavy atom. The maximum Gasteiger partial charge on any atom is 0.405 e. The van der Waals surface area contributed by atoms with E-state index < -0.39 is 31.3 Å². The monoisotopic (exact) mass is 380 g/mol. The summed E-state index contributed by atoms with van der Waals surface area (Å²) in [6.07, 6.45) is -4.57. The molecule has 0 radical (unpaired) electrons. The van der Waals surface area contributed by atoms with E-state index in [-0.39, 0.29) is 11.5 Å². The highest BCUT2D eigenvalue weighted by atomic mass is 19.4. The first-order valence-corrected chi connectivity index (χ1v) is 7.71. The van der Waals surface area contributed by atoms with Gasteiger partial charge in [0, 0.05) is 11.1 Å². The van der Waals surface area contributed by atoms with Crippen molar-refractivity contribution in [2.24, 2.45) is 0 Å². The van der Waals surface area contributed by atoms with Crippen LogP contribution in [0.4, 0.5) is 18.0 Å². The summed E-state index contributed by atoms with van der Waals surface area (Å²) in [4.78, 5) is 34.9. The van der Waals surface area contributed by atoms with E-state index in [9.17, 15) is 27.6 Å². The van der Waals surface area contributed by atoms with Gasteiger partial charge in [-0.25, -0.2) is 4.79 Å². The van der Waals surface area contributed by atoms with E-state index >= 15 is 0 Å². The highest BCUT2D eigenvalue weighted by Gasteiger charge is 2.27. The van der Waals surface area contributed by atoms with Crippen LogP contribution in [0.2, 0.25) is 0 Å². The molecule has 0 heterocycles. The van der Waals surface area contributed by atoms with E-state index in [1.54, 1.807) is 35.6 Å². The highest BCUT2D eigenvalue weighted by Crippen LogP contribution is 2.15. The summed E-state index contributed by atoms with van der Waals surface area (Å²) < 4.78 is 41.0. The first kappa shape index (κ1) is 20.0. The van der Waals surface area contributed by atoms with Crippen molar-refractivity contribution in [2.75, 3.05) is 13.2 Å². The Kier molecular flexibility index (Phi) is 6.53. The van der Waals surface area contributed by atoms with Crippen molar-refractivity contribution < 1.29 is 32.3 Å². The number of benzene rings is 2. The number of amides is 3. The molecule has 0 atom stereocenters. The standard InChI is InChI=1S/C18H15F3N2O4/c19-18(20,21)11-22-17(26)23-15(24)10-27-14-8-6-13(7-9-14)16(25)12-4-2-1-3-5-12/h1-9H,10-11H2,(H2,22,23,24,26). The molecule has 0 aliphatic heterocycles. The van der Waals surface area contributed by atoms with Crippen LogP contribution in [0, 0.1) is 0 Å². The number of rotatable bonds is 6.